The molecule has 292 valence electrons. The number of hydrogen-bond donors (Lipinski definition) is 5. The number of aryl methyl sites for hydroxylation is 1. The van der Waals surface area contributed by atoms with E-state index in [4.69, 9.17) is 4.74 Å². The van der Waals surface area contributed by atoms with E-state index in [2.05, 4.69) is 26.3 Å². The molecule has 1 aromatic heterocycles. The fraction of sp³-hybridized carbons (Fsp3) is 0.333. The normalized spacial score (nSPS) is 17.6. The minimum atomic E-state index is -4.09. The molecule has 6 amide bonds. The number of carbonyl (C=O) groups is 6. The standard InChI is InChI=1S/C36H37N9O10S/c46-29-17-21-8-9-24(15-22(21)16-28(29)44-20-32(49)41-56(44,53)54)55-14-12-37-30(47)7-2-1-3-13-43-19-23(40-42-43)18-38-26-6-4-5-25-33(26)36(52)45(35(25)51)27-10-11-31(48)39-34(27)50/h4-6,8-9,15-17,19,27,38,46H,1-3,7,10-14,18,20H2,(H,37,47)(H,41,49)(H,39,48,50). The van der Waals surface area contributed by atoms with Crippen LogP contribution < -0.4 is 29.7 Å². The summed E-state index contributed by atoms with van der Waals surface area (Å²) in [6.45, 7) is 0.811. The van der Waals surface area contributed by atoms with Gasteiger partial charge in [-0.3, -0.25) is 43.7 Å². The van der Waals surface area contributed by atoms with Gasteiger partial charge in [0.05, 0.1) is 36.1 Å². The van der Waals surface area contributed by atoms with Crippen molar-refractivity contribution >= 4 is 67.8 Å². The van der Waals surface area contributed by atoms with Crippen LogP contribution in [0.15, 0.2) is 54.7 Å². The number of aromatic hydroxyl groups is 1. The van der Waals surface area contributed by atoms with Gasteiger partial charge in [0.15, 0.2) is 0 Å². The molecule has 56 heavy (non-hydrogen) atoms. The Kier molecular flexibility index (Phi) is 10.5. The first-order valence-corrected chi connectivity index (χ1v) is 19.3. The SMILES string of the molecule is O=C(CCCCCn1cc(CNc2cccc3c2C(=O)N(C2CCC(=O)NC2=O)C3=O)nn1)NCCOc1ccc2cc(O)c(N3CC(=O)NS3(=O)=O)cc2c1. The second-order valence-corrected chi connectivity index (χ2v) is 15.0. The summed E-state index contributed by atoms with van der Waals surface area (Å²) >= 11 is 0. The zero-order chi connectivity index (χ0) is 39.6. The molecular weight excluding hydrogens is 751 g/mol. The molecule has 3 aliphatic heterocycles. The molecule has 20 heteroatoms. The second-order valence-electron chi connectivity index (χ2n) is 13.4. The summed E-state index contributed by atoms with van der Waals surface area (Å²) in [6.07, 6.45) is 4.38. The lowest BCUT2D eigenvalue weighted by Gasteiger charge is -2.27. The van der Waals surface area contributed by atoms with Gasteiger partial charge >= 0.3 is 10.2 Å². The summed E-state index contributed by atoms with van der Waals surface area (Å²) < 4.78 is 34.6. The Morgan fingerprint density at radius 1 is 0.982 bits per heavy atom. The number of nitrogens with one attached hydrogen (secondary N) is 4. The largest absolute Gasteiger partial charge is 0.506 e. The van der Waals surface area contributed by atoms with E-state index in [1.54, 1.807) is 41.2 Å². The predicted molar refractivity (Wildman–Crippen MR) is 197 cm³/mol. The summed E-state index contributed by atoms with van der Waals surface area (Å²) in [6, 6.07) is 11.7. The summed E-state index contributed by atoms with van der Waals surface area (Å²) in [5, 5.41) is 28.1. The van der Waals surface area contributed by atoms with Gasteiger partial charge in [-0.1, -0.05) is 23.8 Å². The minimum absolute atomic E-state index is 0.0332. The summed E-state index contributed by atoms with van der Waals surface area (Å²) in [5.41, 5.74) is 1.32. The third-order valence-corrected chi connectivity index (χ3v) is 10.9. The lowest BCUT2D eigenvalue weighted by Crippen LogP contribution is -2.54. The molecule has 7 rings (SSSR count). The molecular formula is C36H37N9O10S. The van der Waals surface area contributed by atoms with Gasteiger partial charge in [-0.05, 0) is 66.4 Å². The fourth-order valence-corrected chi connectivity index (χ4v) is 7.92. The zero-order valence-electron chi connectivity index (χ0n) is 29.8. The number of hydrogen-bond acceptors (Lipinski definition) is 13. The molecule has 4 heterocycles. The van der Waals surface area contributed by atoms with Gasteiger partial charge in [0, 0.05) is 25.1 Å². The van der Waals surface area contributed by atoms with E-state index in [9.17, 15) is 42.3 Å². The number of carbonyl (C=O) groups excluding carboxylic acids is 6. The van der Waals surface area contributed by atoms with E-state index in [1.165, 1.54) is 18.2 Å². The molecule has 1 unspecified atom stereocenters. The van der Waals surface area contributed by atoms with Crippen molar-refractivity contribution in [1.29, 1.82) is 0 Å². The highest BCUT2D eigenvalue weighted by atomic mass is 32.2. The quantitative estimate of drug-likeness (QED) is 0.0837. The number of amides is 6. The monoisotopic (exact) mass is 787 g/mol. The van der Waals surface area contributed by atoms with Crippen LogP contribution in [0.5, 0.6) is 11.5 Å². The lowest BCUT2D eigenvalue weighted by atomic mass is 10.0. The number of imide groups is 2. The molecule has 2 fully saturated rings. The third-order valence-electron chi connectivity index (χ3n) is 9.49. The van der Waals surface area contributed by atoms with Crippen LogP contribution in [-0.4, -0.2) is 94.6 Å². The molecule has 0 aliphatic carbocycles. The van der Waals surface area contributed by atoms with Gasteiger partial charge in [-0.2, -0.15) is 8.42 Å². The molecule has 0 radical (unpaired) electrons. The molecule has 0 saturated carbocycles. The smallest absolute Gasteiger partial charge is 0.326 e. The van der Waals surface area contributed by atoms with Gasteiger partial charge in [-0.25, -0.2) is 9.03 Å². The zero-order valence-corrected chi connectivity index (χ0v) is 30.6. The van der Waals surface area contributed by atoms with E-state index in [-0.39, 0.29) is 61.0 Å². The Labute approximate surface area is 319 Å². The van der Waals surface area contributed by atoms with Crippen molar-refractivity contribution in [2.45, 2.75) is 57.7 Å². The Bertz CT molecular complexity index is 2380. The molecule has 3 aromatic carbocycles. The molecule has 0 spiro atoms. The molecule has 4 aromatic rings. The van der Waals surface area contributed by atoms with Crippen molar-refractivity contribution in [3.63, 3.8) is 0 Å². The van der Waals surface area contributed by atoms with Crippen molar-refractivity contribution in [3.8, 4) is 11.5 Å². The first kappa shape index (κ1) is 37.7. The Balaban J connectivity index is 0.807. The number of piperidine rings is 1. The number of ether oxygens (including phenoxy) is 1. The Morgan fingerprint density at radius 3 is 2.61 bits per heavy atom. The number of phenols is 1. The van der Waals surface area contributed by atoms with Crippen molar-refractivity contribution in [2.24, 2.45) is 0 Å². The fourth-order valence-electron chi connectivity index (χ4n) is 6.76. The molecule has 0 bridgehead atoms. The minimum Gasteiger partial charge on any atom is -0.506 e. The first-order chi connectivity index (χ1) is 26.9. The second kappa shape index (κ2) is 15.7. The van der Waals surface area contributed by atoms with E-state index in [1.807, 2.05) is 4.72 Å². The van der Waals surface area contributed by atoms with Gasteiger partial charge in [-0.15, -0.1) is 5.10 Å². The predicted octanol–water partition coefficient (Wildman–Crippen LogP) is 1.09. The van der Waals surface area contributed by atoms with Crippen LogP contribution >= 0.6 is 0 Å². The summed E-state index contributed by atoms with van der Waals surface area (Å²) in [4.78, 5) is 75.3. The van der Waals surface area contributed by atoms with Gasteiger partial charge < -0.3 is 20.5 Å². The maximum atomic E-state index is 13.3. The molecule has 5 N–H and O–H groups in total. The number of fused-ring (bicyclic) bond motifs is 2. The van der Waals surface area contributed by atoms with E-state index in [0.29, 0.717) is 47.3 Å². The number of aromatic nitrogens is 3. The van der Waals surface area contributed by atoms with Crippen LogP contribution in [-0.2, 0) is 42.5 Å². The molecule has 19 nitrogen and oxygen atoms in total. The van der Waals surface area contributed by atoms with Crippen LogP contribution in [0.1, 0.15) is 64.9 Å². The average Bonchev–Trinajstić information content (AvgIpc) is 3.81. The van der Waals surface area contributed by atoms with Crippen LogP contribution in [0.2, 0.25) is 0 Å². The first-order valence-electron chi connectivity index (χ1n) is 17.8. The number of nitrogens with zero attached hydrogens (tertiary/aromatic N) is 5. The van der Waals surface area contributed by atoms with Crippen LogP contribution in [0, 0.1) is 0 Å². The van der Waals surface area contributed by atoms with E-state index in [0.717, 1.165) is 22.0 Å². The van der Waals surface area contributed by atoms with Crippen molar-refractivity contribution in [2.75, 3.05) is 29.3 Å². The molecule has 3 aliphatic rings. The van der Waals surface area contributed by atoms with Crippen LogP contribution in [0.25, 0.3) is 10.8 Å². The highest BCUT2D eigenvalue weighted by Crippen LogP contribution is 2.36. The van der Waals surface area contributed by atoms with Gasteiger partial charge in [0.1, 0.15) is 36.4 Å². The summed E-state index contributed by atoms with van der Waals surface area (Å²) in [5.74, 6) is -2.94. The van der Waals surface area contributed by atoms with Crippen molar-refractivity contribution in [3.05, 3.63) is 71.5 Å². The number of unbranched alkanes of at least 4 members (excludes halogenated alkanes) is 2. The highest BCUT2D eigenvalue weighted by molar-refractivity contribution is 7.92. The number of benzene rings is 3. The topological polar surface area (TPSA) is 251 Å². The lowest BCUT2D eigenvalue weighted by molar-refractivity contribution is -0.136. The Hall–Kier alpha value is -6.57. The van der Waals surface area contributed by atoms with Crippen molar-refractivity contribution in [1.82, 2.24) is 35.2 Å². The van der Waals surface area contributed by atoms with Gasteiger partial charge in [0.25, 0.3) is 17.7 Å². The third kappa shape index (κ3) is 7.95. The maximum Gasteiger partial charge on any atom is 0.326 e. The van der Waals surface area contributed by atoms with Crippen LogP contribution in [0.4, 0.5) is 11.4 Å². The highest BCUT2D eigenvalue weighted by Gasteiger charge is 2.45. The molecule has 1 atom stereocenters. The maximum absolute atomic E-state index is 13.3. The van der Waals surface area contributed by atoms with Gasteiger partial charge in [0.2, 0.25) is 17.7 Å². The summed E-state index contributed by atoms with van der Waals surface area (Å²) in [7, 11) is -4.09. The number of rotatable bonds is 15. The molecule has 2 saturated heterocycles. The Morgan fingerprint density at radius 2 is 1.82 bits per heavy atom. The number of anilines is 2. The average molecular weight is 788 g/mol. The van der Waals surface area contributed by atoms with E-state index < -0.39 is 52.3 Å². The van der Waals surface area contributed by atoms with Crippen LogP contribution in [0.3, 0.4) is 0 Å². The van der Waals surface area contributed by atoms with E-state index >= 15 is 0 Å². The van der Waals surface area contributed by atoms with Crippen molar-refractivity contribution < 1.29 is 47.0 Å². The number of phenolic OH excluding ortho intramolecular Hbond substituents is 1.